The van der Waals surface area contributed by atoms with E-state index in [1.54, 1.807) is 0 Å². The van der Waals surface area contributed by atoms with Crippen LogP contribution in [0.1, 0.15) is 68.3 Å². The van der Waals surface area contributed by atoms with Crippen molar-refractivity contribution in [1.29, 1.82) is 0 Å². The lowest BCUT2D eigenvalue weighted by atomic mass is 9.80. The molecule has 32 heavy (non-hydrogen) atoms. The molecule has 0 radical (unpaired) electrons. The summed E-state index contributed by atoms with van der Waals surface area (Å²) in [6.45, 7) is 5.31. The molecule has 1 spiro atoms. The number of carbonyl (C=O) groups excluding carboxylic acids is 1. The number of fused-ring (bicyclic) bond motifs is 4. The van der Waals surface area contributed by atoms with Gasteiger partial charge in [0.2, 0.25) is 5.95 Å². The van der Waals surface area contributed by atoms with E-state index in [-0.39, 0.29) is 11.4 Å². The Bertz CT molecular complexity index is 982. The number of aromatic nitrogens is 3. The summed E-state index contributed by atoms with van der Waals surface area (Å²) in [6.07, 6.45) is 12.6. The summed E-state index contributed by atoms with van der Waals surface area (Å²) in [5.41, 5.74) is 1.64. The molecule has 0 atom stereocenters. The molecule has 0 unspecified atom stereocenters. The number of anilines is 1. The van der Waals surface area contributed by atoms with E-state index in [9.17, 15) is 4.79 Å². The predicted octanol–water partition coefficient (Wildman–Crippen LogP) is 2.46. The van der Waals surface area contributed by atoms with Crippen LogP contribution in [0.2, 0.25) is 0 Å². The van der Waals surface area contributed by atoms with Crippen LogP contribution in [0.15, 0.2) is 12.3 Å². The second kappa shape index (κ2) is 8.30. The number of nitrogens with one attached hydrogen (secondary N) is 3. The molecule has 2 aliphatic carbocycles. The predicted molar refractivity (Wildman–Crippen MR) is 125 cm³/mol. The van der Waals surface area contributed by atoms with E-state index in [0.717, 1.165) is 61.5 Å². The minimum Gasteiger partial charge on any atom is -0.351 e. The van der Waals surface area contributed by atoms with Crippen LogP contribution >= 0.6 is 0 Å². The number of nitrogens with zero attached hydrogens (tertiary/aromatic N) is 4. The molecule has 2 aliphatic heterocycles. The molecule has 4 heterocycles. The van der Waals surface area contributed by atoms with Crippen molar-refractivity contribution in [2.45, 2.75) is 75.4 Å². The highest BCUT2D eigenvalue weighted by Crippen LogP contribution is 2.40. The molecule has 8 heteroatoms. The molecule has 2 saturated carbocycles. The zero-order valence-corrected chi connectivity index (χ0v) is 18.9. The Morgan fingerprint density at radius 1 is 1.06 bits per heavy atom. The van der Waals surface area contributed by atoms with Crippen molar-refractivity contribution in [3.05, 3.63) is 18.0 Å². The van der Waals surface area contributed by atoms with Gasteiger partial charge in [0.1, 0.15) is 11.3 Å². The van der Waals surface area contributed by atoms with Crippen LogP contribution in [0.25, 0.3) is 11.0 Å². The van der Waals surface area contributed by atoms with E-state index in [4.69, 9.17) is 4.98 Å². The van der Waals surface area contributed by atoms with E-state index in [1.165, 1.54) is 45.2 Å². The Labute approximate surface area is 189 Å². The Balaban J connectivity index is 1.22. The molecule has 3 N–H and O–H groups in total. The zero-order valence-electron chi connectivity index (χ0n) is 18.9. The van der Waals surface area contributed by atoms with E-state index < -0.39 is 0 Å². The maximum Gasteiger partial charge on any atom is 0.268 e. The minimum absolute atomic E-state index is 0.0138. The Kier molecular flexibility index (Phi) is 5.30. The summed E-state index contributed by atoms with van der Waals surface area (Å²) in [6, 6.07) is 3.12. The molecule has 0 aromatic carbocycles. The second-order valence-electron chi connectivity index (χ2n) is 10.2. The fraction of sp³-hybridized carbons (Fsp3) is 0.708. The van der Waals surface area contributed by atoms with Gasteiger partial charge in [-0.3, -0.25) is 9.69 Å². The van der Waals surface area contributed by atoms with Gasteiger partial charge in [-0.15, -0.1) is 0 Å². The van der Waals surface area contributed by atoms with Crippen molar-refractivity contribution in [2.24, 2.45) is 0 Å². The van der Waals surface area contributed by atoms with Crippen LogP contribution in [0.4, 0.5) is 5.95 Å². The lowest BCUT2D eigenvalue weighted by molar-refractivity contribution is 0.0833. The highest BCUT2D eigenvalue weighted by molar-refractivity contribution is 5.99. The summed E-state index contributed by atoms with van der Waals surface area (Å²) < 4.78 is 2.26. The van der Waals surface area contributed by atoms with Gasteiger partial charge in [0.15, 0.2) is 0 Å². The number of rotatable bonds is 3. The molecular formula is C24H35N7O. The van der Waals surface area contributed by atoms with Gasteiger partial charge in [-0.2, -0.15) is 4.98 Å². The van der Waals surface area contributed by atoms with Crippen molar-refractivity contribution in [3.63, 3.8) is 0 Å². The third-order valence-corrected chi connectivity index (χ3v) is 8.31. The van der Waals surface area contributed by atoms with E-state index >= 15 is 0 Å². The minimum atomic E-state index is -0.0315. The fourth-order valence-electron chi connectivity index (χ4n) is 6.55. The van der Waals surface area contributed by atoms with E-state index in [0.29, 0.717) is 18.5 Å². The number of piperazine rings is 1. The average Bonchev–Trinajstić information content (AvgIpc) is 3.24. The van der Waals surface area contributed by atoms with Crippen LogP contribution < -0.4 is 16.0 Å². The average molecular weight is 438 g/mol. The molecule has 1 saturated heterocycles. The van der Waals surface area contributed by atoms with Crippen LogP contribution in [0.3, 0.4) is 0 Å². The highest BCUT2D eigenvalue weighted by atomic mass is 16.2. The van der Waals surface area contributed by atoms with Crippen molar-refractivity contribution < 1.29 is 4.79 Å². The van der Waals surface area contributed by atoms with Crippen molar-refractivity contribution >= 4 is 22.9 Å². The topological polar surface area (TPSA) is 87.1 Å². The third-order valence-electron chi connectivity index (χ3n) is 8.31. The van der Waals surface area contributed by atoms with Gasteiger partial charge in [0, 0.05) is 56.4 Å². The lowest BCUT2D eigenvalue weighted by Gasteiger charge is -2.43. The fourth-order valence-corrected chi connectivity index (χ4v) is 6.55. The first-order chi connectivity index (χ1) is 15.7. The summed E-state index contributed by atoms with van der Waals surface area (Å²) >= 11 is 0. The van der Waals surface area contributed by atoms with Gasteiger partial charge >= 0.3 is 0 Å². The summed E-state index contributed by atoms with van der Waals surface area (Å²) in [4.78, 5) is 24.9. The molecule has 1 amide bonds. The first kappa shape index (κ1) is 20.4. The lowest BCUT2D eigenvalue weighted by Crippen LogP contribution is -2.52. The SMILES string of the molecule is O=C1NCC2(CCCCC2)n2c1cc1cnc(N[C@H]3CC[C@H](N4CCNCC4)CC3)nc12. The first-order valence-electron chi connectivity index (χ1n) is 12.6. The van der Waals surface area contributed by atoms with Crippen LogP contribution in [-0.2, 0) is 5.54 Å². The molecule has 6 rings (SSSR count). The van der Waals surface area contributed by atoms with Crippen molar-refractivity contribution in [1.82, 2.24) is 30.1 Å². The largest absolute Gasteiger partial charge is 0.351 e. The van der Waals surface area contributed by atoms with Gasteiger partial charge in [0.05, 0.1) is 5.54 Å². The molecule has 4 aliphatic rings. The van der Waals surface area contributed by atoms with Gasteiger partial charge in [0.25, 0.3) is 5.91 Å². The maximum absolute atomic E-state index is 12.6. The highest BCUT2D eigenvalue weighted by Gasteiger charge is 2.41. The number of carbonyl (C=O) groups is 1. The van der Waals surface area contributed by atoms with Crippen LogP contribution in [-0.4, -0.2) is 70.1 Å². The maximum atomic E-state index is 12.6. The van der Waals surface area contributed by atoms with Gasteiger partial charge in [-0.25, -0.2) is 4.98 Å². The summed E-state index contributed by atoms with van der Waals surface area (Å²) in [5, 5.41) is 11.2. The Morgan fingerprint density at radius 2 is 1.84 bits per heavy atom. The zero-order chi connectivity index (χ0) is 21.5. The summed E-state index contributed by atoms with van der Waals surface area (Å²) in [7, 11) is 0. The number of hydrogen-bond donors (Lipinski definition) is 3. The van der Waals surface area contributed by atoms with Gasteiger partial charge in [-0.1, -0.05) is 19.3 Å². The monoisotopic (exact) mass is 437 g/mol. The van der Waals surface area contributed by atoms with E-state index in [2.05, 4.69) is 30.4 Å². The molecule has 0 bridgehead atoms. The quantitative estimate of drug-likeness (QED) is 0.684. The molecule has 2 aromatic heterocycles. The molecular weight excluding hydrogens is 402 g/mol. The number of amides is 1. The van der Waals surface area contributed by atoms with Crippen LogP contribution in [0.5, 0.6) is 0 Å². The molecule has 2 aromatic rings. The standard InChI is InChI=1S/C24H35N7O/c32-22-20-14-17-15-26-23(28-18-4-6-19(7-5-18)30-12-10-25-11-13-30)29-21(17)31(20)24(16-27-22)8-2-1-3-9-24/h14-15,18-19,25H,1-13,16H2,(H,27,32)(H,26,28,29)/t18-,19-. The summed E-state index contributed by atoms with van der Waals surface area (Å²) in [5.74, 6) is 0.723. The number of hydrogen-bond acceptors (Lipinski definition) is 6. The van der Waals surface area contributed by atoms with E-state index in [1.807, 2.05) is 12.3 Å². The Hall–Kier alpha value is -2.19. The van der Waals surface area contributed by atoms with Gasteiger partial charge < -0.3 is 20.5 Å². The molecule has 3 fully saturated rings. The smallest absolute Gasteiger partial charge is 0.268 e. The normalized spacial score (nSPS) is 28.4. The van der Waals surface area contributed by atoms with Gasteiger partial charge in [-0.05, 0) is 44.6 Å². The Morgan fingerprint density at radius 3 is 2.62 bits per heavy atom. The third kappa shape index (κ3) is 3.57. The van der Waals surface area contributed by atoms with Crippen molar-refractivity contribution in [2.75, 3.05) is 38.0 Å². The first-order valence-corrected chi connectivity index (χ1v) is 12.6. The van der Waals surface area contributed by atoms with Crippen molar-refractivity contribution in [3.8, 4) is 0 Å². The van der Waals surface area contributed by atoms with Crippen LogP contribution in [0, 0.1) is 0 Å². The second-order valence-corrected chi connectivity index (χ2v) is 10.2. The molecule has 8 nitrogen and oxygen atoms in total. The molecule has 172 valence electrons.